The molecule has 0 bridgehead atoms. The molecule has 134 valence electrons. The van der Waals surface area contributed by atoms with Crippen molar-refractivity contribution in [3.63, 3.8) is 0 Å². The Labute approximate surface area is 143 Å². The average Bonchev–Trinajstić information content (AvgIpc) is 2.86. The lowest BCUT2D eigenvalue weighted by Gasteiger charge is -2.36. The van der Waals surface area contributed by atoms with Gasteiger partial charge in [0, 0.05) is 31.1 Å². The zero-order valence-electron chi connectivity index (χ0n) is 15.0. The predicted octanol–water partition coefficient (Wildman–Crippen LogP) is 2.95. The molecule has 0 radical (unpaired) electrons. The van der Waals surface area contributed by atoms with Crippen molar-refractivity contribution in [2.75, 3.05) is 6.54 Å². The standard InChI is InChI=1S/C18H29N3O3/c1-18(2,3)23-17(22)20-10-12-8-13(9-12)19-11-15-14-6-4-5-7-16(14)24-21-15/h12-13,19H,4-11H2,1-3H3,(H,20,22). The summed E-state index contributed by atoms with van der Waals surface area (Å²) in [6.45, 7) is 7.09. The van der Waals surface area contributed by atoms with E-state index in [2.05, 4.69) is 15.8 Å². The molecular weight excluding hydrogens is 306 g/mol. The Morgan fingerprint density at radius 1 is 1.29 bits per heavy atom. The summed E-state index contributed by atoms with van der Waals surface area (Å²) in [4.78, 5) is 11.6. The summed E-state index contributed by atoms with van der Waals surface area (Å²) < 4.78 is 10.7. The molecule has 2 N–H and O–H groups in total. The summed E-state index contributed by atoms with van der Waals surface area (Å²) in [5.74, 6) is 1.62. The van der Waals surface area contributed by atoms with E-state index in [0.29, 0.717) is 18.5 Å². The Hall–Kier alpha value is -1.56. The van der Waals surface area contributed by atoms with Gasteiger partial charge in [0.2, 0.25) is 0 Å². The maximum atomic E-state index is 11.6. The van der Waals surface area contributed by atoms with Crippen molar-refractivity contribution < 1.29 is 14.1 Å². The molecule has 0 aromatic carbocycles. The first kappa shape index (κ1) is 17.3. The summed E-state index contributed by atoms with van der Waals surface area (Å²) in [7, 11) is 0. The van der Waals surface area contributed by atoms with Crippen LogP contribution >= 0.6 is 0 Å². The van der Waals surface area contributed by atoms with Crippen molar-refractivity contribution in [3.05, 3.63) is 17.0 Å². The lowest BCUT2D eigenvalue weighted by molar-refractivity contribution is 0.0503. The summed E-state index contributed by atoms with van der Waals surface area (Å²) in [6.07, 6.45) is 6.42. The summed E-state index contributed by atoms with van der Waals surface area (Å²) in [5, 5.41) is 10.6. The second kappa shape index (κ2) is 7.13. The zero-order valence-corrected chi connectivity index (χ0v) is 15.0. The van der Waals surface area contributed by atoms with Crippen LogP contribution in [-0.4, -0.2) is 29.4 Å². The van der Waals surface area contributed by atoms with E-state index in [9.17, 15) is 4.79 Å². The molecule has 0 atom stereocenters. The molecule has 0 aliphatic heterocycles. The van der Waals surface area contributed by atoms with Gasteiger partial charge in [-0.25, -0.2) is 4.79 Å². The van der Waals surface area contributed by atoms with E-state index in [1.54, 1.807) is 0 Å². The molecule has 6 nitrogen and oxygen atoms in total. The first-order valence-electron chi connectivity index (χ1n) is 9.07. The van der Waals surface area contributed by atoms with Crippen molar-refractivity contribution >= 4 is 6.09 Å². The van der Waals surface area contributed by atoms with Crippen molar-refractivity contribution in [2.45, 2.75) is 77.5 Å². The van der Waals surface area contributed by atoms with Gasteiger partial charge in [-0.2, -0.15) is 0 Å². The van der Waals surface area contributed by atoms with Crippen molar-refractivity contribution in [2.24, 2.45) is 5.92 Å². The second-order valence-electron chi connectivity index (χ2n) is 8.04. The SMILES string of the molecule is CC(C)(C)OC(=O)NCC1CC(NCc2noc3c2CCCC3)C1. The number of aromatic nitrogens is 1. The monoisotopic (exact) mass is 335 g/mol. The van der Waals surface area contributed by atoms with Crippen LogP contribution < -0.4 is 10.6 Å². The van der Waals surface area contributed by atoms with Crippen LogP contribution in [0, 0.1) is 5.92 Å². The van der Waals surface area contributed by atoms with E-state index < -0.39 is 5.60 Å². The smallest absolute Gasteiger partial charge is 0.407 e. The number of amides is 1. The molecule has 0 saturated heterocycles. The first-order chi connectivity index (χ1) is 11.4. The fraction of sp³-hybridized carbons (Fsp3) is 0.778. The van der Waals surface area contributed by atoms with Gasteiger partial charge in [0.15, 0.2) is 0 Å². The molecular formula is C18H29N3O3. The molecule has 1 aromatic rings. The Bertz CT molecular complexity index is 571. The van der Waals surface area contributed by atoms with Crippen LogP contribution in [0.5, 0.6) is 0 Å². The Kier molecular flexibility index (Phi) is 5.13. The van der Waals surface area contributed by atoms with Gasteiger partial charge in [-0.1, -0.05) is 5.16 Å². The van der Waals surface area contributed by atoms with Crippen molar-refractivity contribution in [1.82, 2.24) is 15.8 Å². The quantitative estimate of drug-likeness (QED) is 0.865. The van der Waals surface area contributed by atoms with Crippen LogP contribution in [-0.2, 0) is 24.1 Å². The summed E-state index contributed by atoms with van der Waals surface area (Å²) in [5.41, 5.74) is 1.97. The largest absolute Gasteiger partial charge is 0.444 e. The zero-order chi connectivity index (χ0) is 17.2. The Morgan fingerprint density at radius 3 is 2.79 bits per heavy atom. The van der Waals surface area contributed by atoms with Crippen LogP contribution in [0.2, 0.25) is 0 Å². The molecule has 1 saturated carbocycles. The third-order valence-electron chi connectivity index (χ3n) is 4.76. The van der Waals surface area contributed by atoms with Crippen molar-refractivity contribution in [1.29, 1.82) is 0 Å². The fourth-order valence-corrected chi connectivity index (χ4v) is 3.44. The van der Waals surface area contributed by atoms with Gasteiger partial charge >= 0.3 is 6.09 Å². The lowest BCUT2D eigenvalue weighted by Crippen LogP contribution is -2.46. The predicted molar refractivity (Wildman–Crippen MR) is 90.7 cm³/mol. The number of hydrogen-bond acceptors (Lipinski definition) is 5. The van der Waals surface area contributed by atoms with E-state index in [1.807, 2.05) is 20.8 Å². The summed E-state index contributed by atoms with van der Waals surface area (Å²) in [6, 6.07) is 0.506. The number of hydrogen-bond donors (Lipinski definition) is 2. The molecule has 2 aliphatic rings. The third-order valence-corrected chi connectivity index (χ3v) is 4.76. The van der Waals surface area contributed by atoms with Crippen LogP contribution in [0.15, 0.2) is 4.52 Å². The maximum Gasteiger partial charge on any atom is 0.407 e. The molecule has 1 aromatic heterocycles. The van der Waals surface area contributed by atoms with E-state index in [0.717, 1.165) is 43.7 Å². The molecule has 2 aliphatic carbocycles. The fourth-order valence-electron chi connectivity index (χ4n) is 3.44. The molecule has 24 heavy (non-hydrogen) atoms. The molecule has 6 heteroatoms. The normalized spacial score (nSPS) is 23.3. The molecule has 1 amide bonds. The highest BCUT2D eigenvalue weighted by Gasteiger charge is 2.30. The number of fused-ring (bicyclic) bond motifs is 1. The number of nitrogens with one attached hydrogen (secondary N) is 2. The van der Waals surface area contributed by atoms with Crippen LogP contribution in [0.1, 0.15) is 63.5 Å². The van der Waals surface area contributed by atoms with Gasteiger partial charge in [-0.05, 0) is 58.8 Å². The molecule has 1 fully saturated rings. The minimum absolute atomic E-state index is 0.326. The van der Waals surface area contributed by atoms with Gasteiger partial charge in [0.1, 0.15) is 17.1 Å². The summed E-state index contributed by atoms with van der Waals surface area (Å²) >= 11 is 0. The number of alkyl carbamates (subject to hydrolysis) is 1. The van der Waals surface area contributed by atoms with Crippen LogP contribution in [0.3, 0.4) is 0 Å². The second-order valence-corrected chi connectivity index (χ2v) is 8.04. The number of carbonyl (C=O) groups excluding carboxylic acids is 1. The van der Waals surface area contributed by atoms with Gasteiger partial charge in [-0.3, -0.25) is 0 Å². The highest BCUT2D eigenvalue weighted by Crippen LogP contribution is 2.28. The van der Waals surface area contributed by atoms with E-state index >= 15 is 0 Å². The highest BCUT2D eigenvalue weighted by molar-refractivity contribution is 5.67. The van der Waals surface area contributed by atoms with Crippen LogP contribution in [0.4, 0.5) is 4.79 Å². The topological polar surface area (TPSA) is 76.4 Å². The van der Waals surface area contributed by atoms with E-state index in [1.165, 1.54) is 18.4 Å². The Balaban J connectivity index is 1.33. The van der Waals surface area contributed by atoms with Gasteiger partial charge in [-0.15, -0.1) is 0 Å². The van der Waals surface area contributed by atoms with Crippen LogP contribution in [0.25, 0.3) is 0 Å². The molecule has 0 spiro atoms. The van der Waals surface area contributed by atoms with Gasteiger partial charge in [0.25, 0.3) is 0 Å². The Morgan fingerprint density at radius 2 is 2.04 bits per heavy atom. The number of rotatable bonds is 5. The number of carbonyl (C=O) groups is 1. The lowest BCUT2D eigenvalue weighted by atomic mass is 9.80. The number of ether oxygens (including phenoxy) is 1. The van der Waals surface area contributed by atoms with E-state index in [4.69, 9.17) is 9.26 Å². The average molecular weight is 335 g/mol. The van der Waals surface area contributed by atoms with Gasteiger partial charge < -0.3 is 19.9 Å². The van der Waals surface area contributed by atoms with Gasteiger partial charge in [0.05, 0.1) is 0 Å². The number of aryl methyl sites for hydroxylation is 1. The third kappa shape index (κ3) is 4.50. The molecule has 1 heterocycles. The number of nitrogens with zero attached hydrogens (tertiary/aromatic N) is 1. The maximum absolute atomic E-state index is 11.6. The minimum Gasteiger partial charge on any atom is -0.444 e. The van der Waals surface area contributed by atoms with Crippen molar-refractivity contribution in [3.8, 4) is 0 Å². The van der Waals surface area contributed by atoms with E-state index in [-0.39, 0.29) is 6.09 Å². The highest BCUT2D eigenvalue weighted by atomic mass is 16.6. The molecule has 3 rings (SSSR count). The minimum atomic E-state index is -0.440. The molecule has 0 unspecified atom stereocenters. The first-order valence-corrected chi connectivity index (χ1v) is 9.07.